The number of anilines is 2. The van der Waals surface area contributed by atoms with Crippen molar-refractivity contribution < 1.29 is 8.42 Å². The van der Waals surface area contributed by atoms with Crippen molar-refractivity contribution in [2.75, 3.05) is 4.90 Å². The average Bonchev–Trinajstić information content (AvgIpc) is 2.79. The third-order valence-electron chi connectivity index (χ3n) is 3.03. The molecular weight excluding hydrogens is 246 g/mol. The number of rotatable bonds is 1. The van der Waals surface area contributed by atoms with Gasteiger partial charge in [-0.2, -0.15) is 8.42 Å². The summed E-state index contributed by atoms with van der Waals surface area (Å²) in [7, 11) is -2.21. The highest BCUT2D eigenvalue weighted by molar-refractivity contribution is 7.73. The van der Waals surface area contributed by atoms with Crippen LogP contribution in [0.2, 0.25) is 0 Å². The summed E-state index contributed by atoms with van der Waals surface area (Å²) in [6.45, 7) is 0. The third-order valence-corrected chi connectivity index (χ3v) is 3.74. The summed E-state index contributed by atoms with van der Waals surface area (Å²) in [5.41, 5.74) is 2.87. The zero-order valence-electron chi connectivity index (χ0n) is 9.58. The van der Waals surface area contributed by atoms with Gasteiger partial charge in [-0.25, -0.2) is 0 Å². The van der Waals surface area contributed by atoms with Crippen molar-refractivity contribution in [2.24, 2.45) is 0 Å². The molecule has 0 N–H and O–H groups in total. The fourth-order valence-corrected chi connectivity index (χ4v) is 2.87. The minimum absolute atomic E-state index is 0.405. The van der Waals surface area contributed by atoms with E-state index in [-0.39, 0.29) is 0 Å². The summed E-state index contributed by atoms with van der Waals surface area (Å²) in [4.78, 5) is 2.21. The van der Waals surface area contributed by atoms with Crippen LogP contribution in [0.3, 0.4) is 0 Å². The Morgan fingerprint density at radius 1 is 0.889 bits per heavy atom. The number of fused-ring (bicyclic) bond motifs is 1. The van der Waals surface area contributed by atoms with Crippen molar-refractivity contribution >= 4 is 26.7 Å². The summed E-state index contributed by atoms with van der Waals surface area (Å²) < 4.78 is 22.8. The molecule has 2 aromatic rings. The average molecular weight is 257 g/mol. The molecule has 2 aromatic carbocycles. The standard InChI is InChI=1S/C14H11NO2S/c16-18(17)14-10-11-6-4-5-9-13(11)15(14)12-7-2-1-3-8-12/h1-9H,10H2. The molecule has 1 aliphatic rings. The van der Waals surface area contributed by atoms with Crippen molar-refractivity contribution in [1.29, 1.82) is 0 Å². The lowest BCUT2D eigenvalue weighted by Crippen LogP contribution is -2.22. The van der Waals surface area contributed by atoms with E-state index in [1.165, 1.54) is 0 Å². The van der Waals surface area contributed by atoms with E-state index in [1.54, 1.807) is 4.90 Å². The summed E-state index contributed by atoms with van der Waals surface area (Å²) >= 11 is 0. The highest BCUT2D eigenvalue weighted by Crippen LogP contribution is 2.35. The first kappa shape index (κ1) is 11.0. The van der Waals surface area contributed by atoms with Gasteiger partial charge in [0.25, 0.3) is 0 Å². The zero-order valence-corrected chi connectivity index (χ0v) is 10.4. The Balaban J connectivity index is 2.25. The van der Waals surface area contributed by atoms with Gasteiger partial charge in [-0.3, -0.25) is 0 Å². The molecule has 3 nitrogen and oxygen atoms in total. The van der Waals surface area contributed by atoms with Gasteiger partial charge in [0.2, 0.25) is 10.3 Å². The quantitative estimate of drug-likeness (QED) is 0.736. The Bertz CT molecular complexity index is 712. The Morgan fingerprint density at radius 2 is 1.56 bits per heavy atom. The minimum atomic E-state index is -2.21. The van der Waals surface area contributed by atoms with E-state index >= 15 is 0 Å². The molecule has 1 aliphatic heterocycles. The fraction of sp³-hybridized carbons (Fsp3) is 0.0714. The Morgan fingerprint density at radius 3 is 2.28 bits per heavy atom. The molecule has 0 aliphatic carbocycles. The molecule has 0 unspecified atom stereocenters. The van der Waals surface area contributed by atoms with Crippen LogP contribution in [0.1, 0.15) is 5.56 Å². The second kappa shape index (κ2) is 4.31. The summed E-state index contributed by atoms with van der Waals surface area (Å²) in [5.74, 6) is 0. The summed E-state index contributed by atoms with van der Waals surface area (Å²) in [6.07, 6.45) is 0.460. The van der Waals surface area contributed by atoms with Gasteiger partial charge < -0.3 is 4.90 Å². The molecule has 0 aromatic heterocycles. The second-order valence-electron chi connectivity index (χ2n) is 4.10. The van der Waals surface area contributed by atoms with E-state index in [0.29, 0.717) is 11.4 Å². The van der Waals surface area contributed by atoms with Gasteiger partial charge in [0, 0.05) is 12.1 Å². The number of nitrogens with zero attached hydrogens (tertiary/aromatic N) is 1. The van der Waals surface area contributed by atoms with Crippen LogP contribution in [0.4, 0.5) is 11.4 Å². The highest BCUT2D eigenvalue weighted by atomic mass is 32.2. The topological polar surface area (TPSA) is 37.4 Å². The first-order valence-corrected chi connectivity index (χ1v) is 6.73. The Hall–Kier alpha value is -2.07. The third kappa shape index (κ3) is 1.71. The molecular formula is C14H11NO2S. The smallest absolute Gasteiger partial charge is 0.234 e. The van der Waals surface area contributed by atoms with Crippen LogP contribution in [0.5, 0.6) is 0 Å². The molecule has 0 atom stereocenters. The second-order valence-corrected chi connectivity index (χ2v) is 5.05. The van der Waals surface area contributed by atoms with E-state index < -0.39 is 10.3 Å². The number of benzene rings is 2. The molecule has 0 fully saturated rings. The lowest BCUT2D eigenvalue weighted by Gasteiger charge is -2.18. The van der Waals surface area contributed by atoms with Crippen molar-refractivity contribution in [3.63, 3.8) is 0 Å². The Labute approximate surface area is 107 Å². The largest absolute Gasteiger partial charge is 0.300 e. The van der Waals surface area contributed by atoms with Crippen LogP contribution in [-0.4, -0.2) is 13.4 Å². The van der Waals surface area contributed by atoms with Crippen molar-refractivity contribution in [2.45, 2.75) is 6.42 Å². The molecule has 0 saturated heterocycles. The molecule has 18 heavy (non-hydrogen) atoms. The molecule has 1 heterocycles. The lowest BCUT2D eigenvalue weighted by atomic mass is 10.2. The van der Waals surface area contributed by atoms with Gasteiger partial charge in [-0.1, -0.05) is 36.4 Å². The van der Waals surface area contributed by atoms with Crippen molar-refractivity contribution in [3.05, 3.63) is 60.2 Å². The molecule has 90 valence electrons. The van der Waals surface area contributed by atoms with Crippen LogP contribution < -0.4 is 4.90 Å². The van der Waals surface area contributed by atoms with Crippen molar-refractivity contribution in [3.8, 4) is 0 Å². The predicted molar refractivity (Wildman–Crippen MR) is 72.7 cm³/mol. The first-order chi connectivity index (χ1) is 8.77. The maximum atomic E-state index is 11.4. The minimum Gasteiger partial charge on any atom is -0.300 e. The molecule has 3 rings (SSSR count). The molecule has 0 bridgehead atoms. The number of hydrogen-bond acceptors (Lipinski definition) is 2. The number of para-hydroxylation sites is 2. The highest BCUT2D eigenvalue weighted by Gasteiger charge is 2.27. The normalized spacial score (nSPS) is 13.6. The van der Waals surface area contributed by atoms with E-state index in [4.69, 9.17) is 0 Å². The van der Waals surface area contributed by atoms with Gasteiger partial charge in [0.05, 0.1) is 5.69 Å². The van der Waals surface area contributed by atoms with Gasteiger partial charge in [-0.05, 0) is 23.8 Å². The van der Waals surface area contributed by atoms with Crippen LogP contribution in [0, 0.1) is 0 Å². The van der Waals surface area contributed by atoms with E-state index in [2.05, 4.69) is 0 Å². The molecule has 0 radical (unpaired) electrons. The first-order valence-electron chi connectivity index (χ1n) is 5.65. The van der Waals surface area contributed by atoms with Crippen LogP contribution in [0.25, 0.3) is 0 Å². The van der Waals surface area contributed by atoms with Gasteiger partial charge in [0.1, 0.15) is 4.99 Å². The molecule has 4 heteroatoms. The predicted octanol–water partition coefficient (Wildman–Crippen LogP) is 2.39. The molecule has 0 saturated carbocycles. The van der Waals surface area contributed by atoms with Gasteiger partial charge >= 0.3 is 0 Å². The van der Waals surface area contributed by atoms with Crippen molar-refractivity contribution in [1.82, 2.24) is 0 Å². The molecule has 0 spiro atoms. The van der Waals surface area contributed by atoms with E-state index in [1.807, 2.05) is 54.6 Å². The van der Waals surface area contributed by atoms with Gasteiger partial charge in [-0.15, -0.1) is 0 Å². The lowest BCUT2D eigenvalue weighted by molar-refractivity contribution is 0.626. The SMILES string of the molecule is O=S(=O)=C1Cc2ccccc2N1c1ccccc1. The molecule has 0 amide bonds. The van der Waals surface area contributed by atoms with Crippen LogP contribution in [-0.2, 0) is 16.7 Å². The number of hydrogen-bond donors (Lipinski definition) is 0. The maximum absolute atomic E-state index is 11.4. The fourth-order valence-electron chi connectivity index (χ4n) is 2.25. The van der Waals surface area contributed by atoms with Crippen LogP contribution >= 0.6 is 0 Å². The Kier molecular flexibility index (Phi) is 2.64. The monoisotopic (exact) mass is 257 g/mol. The van der Waals surface area contributed by atoms with E-state index in [9.17, 15) is 8.42 Å². The van der Waals surface area contributed by atoms with E-state index in [0.717, 1.165) is 16.9 Å². The summed E-state index contributed by atoms with van der Waals surface area (Å²) in [5, 5.41) is 0. The van der Waals surface area contributed by atoms with Gasteiger partial charge in [0.15, 0.2) is 0 Å². The maximum Gasteiger partial charge on any atom is 0.234 e. The zero-order chi connectivity index (χ0) is 12.5. The summed E-state index contributed by atoms with van der Waals surface area (Å²) in [6, 6.07) is 17.3. The van der Waals surface area contributed by atoms with Crippen LogP contribution in [0.15, 0.2) is 54.6 Å².